The summed E-state index contributed by atoms with van der Waals surface area (Å²) in [6, 6.07) is 3.68. The van der Waals surface area contributed by atoms with E-state index in [1.807, 2.05) is 24.1 Å². The molecule has 3 rings (SSSR count). The molecule has 2 aromatic heterocycles. The Morgan fingerprint density at radius 1 is 1.43 bits per heavy atom. The SMILES string of the molecule is CN(Cc1nc(-c2ccncc2)no1)CC1(O)CCNC1. The van der Waals surface area contributed by atoms with Gasteiger partial charge < -0.3 is 14.9 Å². The maximum Gasteiger partial charge on any atom is 0.241 e. The first-order valence-electron chi connectivity index (χ1n) is 6.99. The first-order chi connectivity index (χ1) is 10.1. The Hall–Kier alpha value is -1.83. The lowest BCUT2D eigenvalue weighted by atomic mass is 10.0. The second kappa shape index (κ2) is 5.88. The lowest BCUT2D eigenvalue weighted by molar-refractivity contribution is 0.0240. The van der Waals surface area contributed by atoms with Gasteiger partial charge in [-0.3, -0.25) is 9.88 Å². The highest BCUT2D eigenvalue weighted by Gasteiger charge is 2.32. The second-order valence-corrected chi connectivity index (χ2v) is 5.57. The van der Waals surface area contributed by atoms with E-state index in [0.717, 1.165) is 18.5 Å². The first kappa shape index (κ1) is 14.1. The zero-order valence-corrected chi connectivity index (χ0v) is 12.0. The van der Waals surface area contributed by atoms with Crippen LogP contribution < -0.4 is 5.32 Å². The molecule has 1 fully saturated rings. The minimum Gasteiger partial charge on any atom is -0.387 e. The molecule has 3 heterocycles. The van der Waals surface area contributed by atoms with Crippen LogP contribution in [0.4, 0.5) is 0 Å². The summed E-state index contributed by atoms with van der Waals surface area (Å²) in [5, 5.41) is 17.5. The van der Waals surface area contributed by atoms with Crippen molar-refractivity contribution < 1.29 is 9.63 Å². The third kappa shape index (κ3) is 3.44. The number of aromatic nitrogens is 3. The van der Waals surface area contributed by atoms with Crippen LogP contribution in [-0.4, -0.2) is 57.4 Å². The predicted molar refractivity (Wildman–Crippen MR) is 76.3 cm³/mol. The highest BCUT2D eigenvalue weighted by molar-refractivity contribution is 5.52. The number of nitrogens with one attached hydrogen (secondary N) is 1. The molecule has 0 amide bonds. The fourth-order valence-corrected chi connectivity index (χ4v) is 2.59. The molecule has 7 nitrogen and oxygen atoms in total. The molecule has 0 spiro atoms. The number of nitrogens with zero attached hydrogens (tertiary/aromatic N) is 4. The van der Waals surface area contributed by atoms with Gasteiger partial charge in [-0.2, -0.15) is 4.98 Å². The predicted octanol–water partition coefficient (Wildman–Crippen LogP) is 0.288. The van der Waals surface area contributed by atoms with Gasteiger partial charge in [-0.1, -0.05) is 5.16 Å². The molecule has 1 aliphatic rings. The Labute approximate surface area is 123 Å². The van der Waals surface area contributed by atoms with Crippen molar-refractivity contribution in [3.8, 4) is 11.4 Å². The van der Waals surface area contributed by atoms with Gasteiger partial charge in [-0.05, 0) is 32.1 Å². The molecule has 1 aliphatic heterocycles. The Balaban J connectivity index is 1.62. The quantitative estimate of drug-likeness (QED) is 0.818. The van der Waals surface area contributed by atoms with Crippen molar-refractivity contribution in [2.45, 2.75) is 18.6 Å². The van der Waals surface area contributed by atoms with E-state index >= 15 is 0 Å². The average molecular weight is 289 g/mol. The summed E-state index contributed by atoms with van der Waals surface area (Å²) < 4.78 is 5.27. The molecule has 1 unspecified atom stereocenters. The van der Waals surface area contributed by atoms with Gasteiger partial charge in [0.05, 0.1) is 12.1 Å². The van der Waals surface area contributed by atoms with Gasteiger partial charge in [-0.15, -0.1) is 0 Å². The number of pyridine rings is 1. The third-order valence-electron chi connectivity index (χ3n) is 3.60. The van der Waals surface area contributed by atoms with Crippen molar-refractivity contribution >= 4 is 0 Å². The maximum absolute atomic E-state index is 10.3. The van der Waals surface area contributed by atoms with Crippen molar-refractivity contribution in [2.24, 2.45) is 0 Å². The topological polar surface area (TPSA) is 87.3 Å². The minimum atomic E-state index is -0.664. The number of hydrogen-bond acceptors (Lipinski definition) is 7. The van der Waals surface area contributed by atoms with Crippen molar-refractivity contribution in [3.05, 3.63) is 30.4 Å². The van der Waals surface area contributed by atoms with Crippen LogP contribution in [0.3, 0.4) is 0 Å². The van der Waals surface area contributed by atoms with Crippen LogP contribution in [-0.2, 0) is 6.54 Å². The van der Waals surface area contributed by atoms with Crippen LogP contribution in [0.25, 0.3) is 11.4 Å². The molecule has 2 N–H and O–H groups in total. The van der Waals surface area contributed by atoms with Crippen molar-refractivity contribution in [1.29, 1.82) is 0 Å². The molecule has 21 heavy (non-hydrogen) atoms. The monoisotopic (exact) mass is 289 g/mol. The van der Waals surface area contributed by atoms with E-state index in [1.54, 1.807) is 12.4 Å². The maximum atomic E-state index is 10.3. The molecule has 2 aromatic rings. The zero-order chi connectivity index (χ0) is 14.7. The van der Waals surface area contributed by atoms with E-state index in [0.29, 0.717) is 31.3 Å². The van der Waals surface area contributed by atoms with E-state index in [1.165, 1.54) is 0 Å². The van der Waals surface area contributed by atoms with E-state index in [9.17, 15) is 5.11 Å². The van der Waals surface area contributed by atoms with Gasteiger partial charge in [0.2, 0.25) is 11.7 Å². The third-order valence-corrected chi connectivity index (χ3v) is 3.60. The number of aliphatic hydroxyl groups is 1. The molecule has 0 bridgehead atoms. The summed E-state index contributed by atoms with van der Waals surface area (Å²) in [7, 11) is 1.94. The summed E-state index contributed by atoms with van der Waals surface area (Å²) in [5.41, 5.74) is 0.212. The number of hydrogen-bond donors (Lipinski definition) is 2. The van der Waals surface area contributed by atoms with Crippen molar-refractivity contribution in [3.63, 3.8) is 0 Å². The molecular formula is C14H19N5O2. The van der Waals surface area contributed by atoms with Gasteiger partial charge in [0, 0.05) is 31.0 Å². The Kier molecular flexibility index (Phi) is 3.96. The normalized spacial score (nSPS) is 22.0. The standard InChI is InChI=1S/C14H19N5O2/c1-19(10-14(20)4-7-16-9-14)8-12-17-13(18-21-12)11-2-5-15-6-3-11/h2-3,5-6,16,20H,4,7-10H2,1H3. The molecule has 1 atom stereocenters. The summed E-state index contributed by atoms with van der Waals surface area (Å²) in [6.45, 7) is 2.58. The molecule has 7 heteroatoms. The average Bonchev–Trinajstić information content (AvgIpc) is 3.09. The Bertz CT molecular complexity index is 580. The van der Waals surface area contributed by atoms with Crippen LogP contribution in [0.5, 0.6) is 0 Å². The van der Waals surface area contributed by atoms with Crippen LogP contribution >= 0.6 is 0 Å². The van der Waals surface area contributed by atoms with E-state index < -0.39 is 5.60 Å². The van der Waals surface area contributed by atoms with Gasteiger partial charge in [-0.25, -0.2) is 0 Å². The van der Waals surface area contributed by atoms with Gasteiger partial charge >= 0.3 is 0 Å². The molecular weight excluding hydrogens is 270 g/mol. The van der Waals surface area contributed by atoms with Gasteiger partial charge in [0.1, 0.15) is 0 Å². The fraction of sp³-hybridized carbons (Fsp3) is 0.500. The molecule has 0 radical (unpaired) electrons. The van der Waals surface area contributed by atoms with E-state index in [2.05, 4.69) is 20.4 Å². The Morgan fingerprint density at radius 2 is 2.24 bits per heavy atom. The van der Waals surface area contributed by atoms with E-state index in [-0.39, 0.29) is 0 Å². The zero-order valence-electron chi connectivity index (χ0n) is 12.0. The molecule has 0 aromatic carbocycles. The van der Waals surface area contributed by atoms with Gasteiger partial charge in [0.25, 0.3) is 0 Å². The molecule has 112 valence electrons. The van der Waals surface area contributed by atoms with Crippen LogP contribution in [0.2, 0.25) is 0 Å². The summed E-state index contributed by atoms with van der Waals surface area (Å²) in [5.74, 6) is 1.10. The van der Waals surface area contributed by atoms with Crippen LogP contribution in [0, 0.1) is 0 Å². The summed E-state index contributed by atoms with van der Waals surface area (Å²) in [6.07, 6.45) is 4.16. The minimum absolute atomic E-state index is 0.514. The number of β-amino-alcohol motifs (C(OH)–C–C–N with tert-alkyl or cyclic N) is 1. The summed E-state index contributed by atoms with van der Waals surface area (Å²) >= 11 is 0. The smallest absolute Gasteiger partial charge is 0.241 e. The highest BCUT2D eigenvalue weighted by Crippen LogP contribution is 2.18. The van der Waals surface area contributed by atoms with Crippen molar-refractivity contribution in [1.82, 2.24) is 25.3 Å². The lowest BCUT2D eigenvalue weighted by Gasteiger charge is -2.26. The number of likely N-dealkylation sites (N-methyl/N-ethyl adjacent to an activating group) is 1. The molecule has 0 saturated carbocycles. The molecule has 0 aliphatic carbocycles. The second-order valence-electron chi connectivity index (χ2n) is 5.57. The largest absolute Gasteiger partial charge is 0.387 e. The molecule has 1 saturated heterocycles. The van der Waals surface area contributed by atoms with Crippen molar-refractivity contribution in [2.75, 3.05) is 26.7 Å². The lowest BCUT2D eigenvalue weighted by Crippen LogP contribution is -2.42. The highest BCUT2D eigenvalue weighted by atomic mass is 16.5. The Morgan fingerprint density at radius 3 is 2.95 bits per heavy atom. The summed E-state index contributed by atoms with van der Waals surface area (Å²) in [4.78, 5) is 10.3. The van der Waals surface area contributed by atoms with Crippen LogP contribution in [0.1, 0.15) is 12.3 Å². The van der Waals surface area contributed by atoms with E-state index in [4.69, 9.17) is 4.52 Å². The fourth-order valence-electron chi connectivity index (χ4n) is 2.59. The first-order valence-corrected chi connectivity index (χ1v) is 6.99. The van der Waals surface area contributed by atoms with Gasteiger partial charge in [0.15, 0.2) is 0 Å². The van der Waals surface area contributed by atoms with Crippen LogP contribution in [0.15, 0.2) is 29.0 Å². The number of rotatable bonds is 5.